The molecule has 1 rings (SSSR count). The third kappa shape index (κ3) is 1.56. The van der Waals surface area contributed by atoms with Crippen LogP contribution in [0.25, 0.3) is 0 Å². The first kappa shape index (κ1) is 9.41. The third-order valence-corrected chi connectivity index (χ3v) is 2.44. The molecule has 0 saturated heterocycles. The molecule has 0 fully saturated rings. The minimum Gasteiger partial charge on any atom is -0.478 e. The van der Waals surface area contributed by atoms with Gasteiger partial charge in [-0.25, -0.2) is 4.79 Å². The lowest BCUT2D eigenvalue weighted by Gasteiger charge is -2.04. The number of nitrogen functional groups attached to an aromatic ring is 1. The average Bonchev–Trinajstić information content (AvgIpc) is 1.97. The van der Waals surface area contributed by atoms with Crippen molar-refractivity contribution in [3.63, 3.8) is 0 Å². The molecule has 0 atom stereocenters. The van der Waals surface area contributed by atoms with E-state index in [1.54, 1.807) is 12.1 Å². The van der Waals surface area contributed by atoms with Gasteiger partial charge in [0, 0.05) is 9.37 Å². The molecule has 64 valence electrons. The van der Waals surface area contributed by atoms with Crippen molar-refractivity contribution in [2.75, 3.05) is 5.73 Å². The van der Waals surface area contributed by atoms with Gasteiger partial charge >= 0.3 is 5.97 Å². The van der Waals surface area contributed by atoms with E-state index in [4.69, 9.17) is 10.8 Å². The Morgan fingerprint density at radius 1 is 1.58 bits per heavy atom. The Hall–Kier alpha value is -0.680. The molecule has 0 heterocycles. The normalized spacial score (nSPS) is 9.83. The van der Waals surface area contributed by atoms with Gasteiger partial charge in [0.05, 0.1) is 11.3 Å². The summed E-state index contributed by atoms with van der Waals surface area (Å²) >= 11 is 7.09. The van der Waals surface area contributed by atoms with Gasteiger partial charge in [0.25, 0.3) is 0 Å². The topological polar surface area (TPSA) is 63.3 Å². The van der Waals surface area contributed by atoms with Crippen LogP contribution in [-0.4, -0.2) is 11.1 Å². The fourth-order valence-corrected chi connectivity index (χ4v) is 1.50. The van der Waals surface area contributed by atoms with Gasteiger partial charge < -0.3 is 10.8 Å². The Balaban J connectivity index is 3.43. The third-order valence-electron chi connectivity index (χ3n) is 1.39. The fourth-order valence-electron chi connectivity index (χ4n) is 0.799. The largest absolute Gasteiger partial charge is 0.478 e. The monoisotopic (exact) mass is 247 g/mol. The van der Waals surface area contributed by atoms with E-state index in [0.717, 1.165) is 0 Å². The quantitative estimate of drug-likeness (QED) is 0.526. The minimum atomic E-state index is -1.06. The molecular weight excluding hydrogens is 242 g/mol. The molecule has 12 heavy (non-hydrogen) atoms. The van der Waals surface area contributed by atoms with Crippen LogP contribution >= 0.6 is 28.6 Å². The van der Waals surface area contributed by atoms with E-state index in [1.807, 2.05) is 0 Å². The summed E-state index contributed by atoms with van der Waals surface area (Å²) in [6.45, 7) is 0. The van der Waals surface area contributed by atoms with Gasteiger partial charge in [0.15, 0.2) is 0 Å². The first-order valence-corrected chi connectivity index (χ1v) is 4.28. The average molecular weight is 248 g/mol. The Morgan fingerprint density at radius 2 is 2.17 bits per heavy atom. The summed E-state index contributed by atoms with van der Waals surface area (Å²) < 4.78 is 0.463. The SMILES string of the molecule is Nc1c(S)ccc(Br)c1C(=O)O. The zero-order valence-corrected chi connectivity index (χ0v) is 8.39. The number of carboxylic acid groups (broad SMARTS) is 1. The van der Waals surface area contributed by atoms with Gasteiger partial charge in [0.1, 0.15) is 0 Å². The van der Waals surface area contributed by atoms with Crippen LogP contribution in [0, 0.1) is 0 Å². The molecule has 1 aromatic carbocycles. The van der Waals surface area contributed by atoms with E-state index in [9.17, 15) is 4.79 Å². The molecule has 0 saturated carbocycles. The molecule has 0 aliphatic rings. The van der Waals surface area contributed by atoms with Crippen LogP contribution in [0.4, 0.5) is 5.69 Å². The van der Waals surface area contributed by atoms with Crippen LogP contribution in [-0.2, 0) is 0 Å². The highest BCUT2D eigenvalue weighted by Gasteiger charge is 2.13. The van der Waals surface area contributed by atoms with E-state index >= 15 is 0 Å². The summed E-state index contributed by atoms with van der Waals surface area (Å²) in [6, 6.07) is 3.23. The first-order chi connectivity index (χ1) is 5.54. The number of hydrogen-bond donors (Lipinski definition) is 3. The van der Waals surface area contributed by atoms with Gasteiger partial charge in [-0.1, -0.05) is 0 Å². The molecular formula is C7H6BrNO2S. The number of carboxylic acids is 1. The van der Waals surface area contributed by atoms with E-state index in [2.05, 4.69) is 28.6 Å². The van der Waals surface area contributed by atoms with Crippen molar-refractivity contribution in [1.29, 1.82) is 0 Å². The van der Waals surface area contributed by atoms with Gasteiger partial charge in [0.2, 0.25) is 0 Å². The van der Waals surface area contributed by atoms with Gasteiger partial charge in [-0.05, 0) is 28.1 Å². The molecule has 5 heteroatoms. The summed E-state index contributed by atoms with van der Waals surface area (Å²) in [7, 11) is 0. The second kappa shape index (κ2) is 3.37. The highest BCUT2D eigenvalue weighted by Crippen LogP contribution is 2.28. The maximum Gasteiger partial charge on any atom is 0.338 e. The second-order valence-electron chi connectivity index (χ2n) is 2.16. The molecule has 0 bridgehead atoms. The van der Waals surface area contributed by atoms with Crippen LogP contribution in [0.3, 0.4) is 0 Å². The minimum absolute atomic E-state index is 0.0579. The number of benzene rings is 1. The van der Waals surface area contributed by atoms with E-state index < -0.39 is 5.97 Å². The molecule has 0 unspecified atom stereocenters. The van der Waals surface area contributed by atoms with Crippen LogP contribution in [0.5, 0.6) is 0 Å². The lowest BCUT2D eigenvalue weighted by Crippen LogP contribution is -2.04. The van der Waals surface area contributed by atoms with E-state index in [1.165, 1.54) is 0 Å². The maximum atomic E-state index is 10.7. The van der Waals surface area contributed by atoms with Crippen LogP contribution in [0.2, 0.25) is 0 Å². The van der Waals surface area contributed by atoms with Crippen molar-refractivity contribution >= 4 is 40.2 Å². The van der Waals surface area contributed by atoms with Crippen LogP contribution in [0.1, 0.15) is 10.4 Å². The number of hydrogen-bond acceptors (Lipinski definition) is 3. The van der Waals surface area contributed by atoms with Gasteiger partial charge in [-0.2, -0.15) is 0 Å². The maximum absolute atomic E-state index is 10.7. The number of halogens is 1. The number of anilines is 1. The van der Waals surface area contributed by atoms with Crippen molar-refractivity contribution in [3.8, 4) is 0 Å². The predicted octanol–water partition coefficient (Wildman–Crippen LogP) is 2.02. The number of rotatable bonds is 1. The summed E-state index contributed by atoms with van der Waals surface area (Å²) in [5.74, 6) is -1.06. The highest BCUT2D eigenvalue weighted by atomic mass is 79.9. The molecule has 0 aromatic heterocycles. The van der Waals surface area contributed by atoms with Gasteiger partial charge in [-0.15, -0.1) is 12.6 Å². The Kier molecular flexibility index (Phi) is 2.64. The van der Waals surface area contributed by atoms with Crippen LogP contribution in [0.15, 0.2) is 21.5 Å². The Bertz CT molecular complexity index is 340. The fraction of sp³-hybridized carbons (Fsp3) is 0. The van der Waals surface area contributed by atoms with Crippen molar-refractivity contribution in [2.45, 2.75) is 4.90 Å². The summed E-state index contributed by atoms with van der Waals surface area (Å²) in [4.78, 5) is 11.1. The summed E-state index contributed by atoms with van der Waals surface area (Å²) in [5.41, 5.74) is 5.74. The standard InChI is InChI=1S/C7H6BrNO2S/c8-3-1-2-4(12)6(9)5(3)7(10)11/h1-2,12H,9H2,(H,10,11). The first-order valence-electron chi connectivity index (χ1n) is 3.04. The molecule has 0 radical (unpaired) electrons. The molecule has 3 N–H and O–H groups in total. The molecule has 0 spiro atoms. The Labute approximate surface area is 83.1 Å². The Morgan fingerprint density at radius 3 is 2.58 bits per heavy atom. The zero-order valence-electron chi connectivity index (χ0n) is 5.91. The highest BCUT2D eigenvalue weighted by molar-refractivity contribution is 9.10. The second-order valence-corrected chi connectivity index (χ2v) is 3.50. The number of aromatic carboxylic acids is 1. The molecule has 0 amide bonds. The van der Waals surface area contributed by atoms with E-state index in [0.29, 0.717) is 9.37 Å². The van der Waals surface area contributed by atoms with Crippen LogP contribution < -0.4 is 5.73 Å². The predicted molar refractivity (Wildman–Crippen MR) is 52.8 cm³/mol. The number of nitrogens with two attached hydrogens (primary N) is 1. The molecule has 0 aliphatic heterocycles. The molecule has 0 aliphatic carbocycles. The van der Waals surface area contributed by atoms with Crippen molar-refractivity contribution < 1.29 is 9.90 Å². The van der Waals surface area contributed by atoms with Crippen molar-refractivity contribution in [3.05, 3.63) is 22.2 Å². The molecule has 3 nitrogen and oxygen atoms in total. The van der Waals surface area contributed by atoms with Crippen molar-refractivity contribution in [2.24, 2.45) is 0 Å². The van der Waals surface area contributed by atoms with Crippen molar-refractivity contribution in [1.82, 2.24) is 0 Å². The lowest BCUT2D eigenvalue weighted by atomic mass is 10.2. The number of thiol groups is 1. The summed E-state index contributed by atoms with van der Waals surface area (Å²) in [6.07, 6.45) is 0. The lowest BCUT2D eigenvalue weighted by molar-refractivity contribution is 0.0697. The van der Waals surface area contributed by atoms with Gasteiger partial charge in [-0.3, -0.25) is 0 Å². The zero-order chi connectivity index (χ0) is 9.30. The molecule has 1 aromatic rings. The smallest absolute Gasteiger partial charge is 0.338 e. The number of carbonyl (C=O) groups is 1. The summed E-state index contributed by atoms with van der Waals surface area (Å²) in [5, 5.41) is 8.73. The van der Waals surface area contributed by atoms with E-state index in [-0.39, 0.29) is 11.3 Å².